The highest BCUT2D eigenvalue weighted by molar-refractivity contribution is 5.80. The highest BCUT2D eigenvalue weighted by Gasteiger charge is 2.54. The lowest BCUT2D eigenvalue weighted by Crippen LogP contribution is -2.67. The fourth-order valence-corrected chi connectivity index (χ4v) is 3.18. The molecule has 0 radical (unpaired) electrons. The van der Waals surface area contributed by atoms with Gasteiger partial charge in [0, 0.05) is 17.8 Å². The fourth-order valence-electron chi connectivity index (χ4n) is 3.18. The van der Waals surface area contributed by atoms with Crippen molar-refractivity contribution in [2.45, 2.75) is 75.3 Å². The Morgan fingerprint density at radius 1 is 1.47 bits per heavy atom. The van der Waals surface area contributed by atoms with Crippen LogP contribution in [0.5, 0.6) is 0 Å². The molecule has 1 saturated heterocycles. The van der Waals surface area contributed by atoms with Gasteiger partial charge in [0.15, 0.2) is 5.60 Å². The molecule has 30 heavy (non-hydrogen) atoms. The zero-order valence-corrected chi connectivity index (χ0v) is 17.5. The lowest BCUT2D eigenvalue weighted by molar-refractivity contribution is -0.227. The number of carbonyl (C=O) groups excluding carboxylic acids is 2. The van der Waals surface area contributed by atoms with Crippen molar-refractivity contribution < 1.29 is 39.1 Å². The third-order valence-corrected chi connectivity index (χ3v) is 4.45. The van der Waals surface area contributed by atoms with Crippen LogP contribution in [0.3, 0.4) is 0 Å². The zero-order chi connectivity index (χ0) is 23.1. The van der Waals surface area contributed by atoms with Crippen molar-refractivity contribution in [2.75, 3.05) is 13.7 Å². The Morgan fingerprint density at radius 3 is 2.60 bits per heavy atom. The van der Waals surface area contributed by atoms with Gasteiger partial charge in [0.25, 0.3) is 0 Å². The minimum atomic E-state index is -1.74. The number of hydrogen-bond donors (Lipinski definition) is 4. The van der Waals surface area contributed by atoms with Crippen molar-refractivity contribution in [3.8, 4) is 0 Å². The second-order valence-corrected chi connectivity index (χ2v) is 7.98. The van der Waals surface area contributed by atoms with Crippen molar-refractivity contribution in [3.63, 3.8) is 0 Å². The molecule has 1 amide bonds. The molecule has 1 aliphatic heterocycles. The summed E-state index contributed by atoms with van der Waals surface area (Å²) < 4.78 is 15.8. The number of ether oxygens (including phenoxy) is 3. The largest absolute Gasteiger partial charge is 0.467 e. The predicted octanol–water partition coefficient (Wildman–Crippen LogP) is 0.550. The average molecular weight is 430 g/mol. The third kappa shape index (κ3) is 6.57. The third-order valence-electron chi connectivity index (χ3n) is 4.45. The minimum Gasteiger partial charge on any atom is -0.467 e. The average Bonchev–Trinajstić information content (AvgIpc) is 2.65. The molecular weight excluding hydrogens is 400 g/mol. The van der Waals surface area contributed by atoms with Crippen LogP contribution < -0.4 is 5.32 Å². The topological polar surface area (TPSA) is 183 Å². The Labute approximate surface area is 174 Å². The van der Waals surface area contributed by atoms with E-state index in [9.17, 15) is 24.9 Å². The summed E-state index contributed by atoms with van der Waals surface area (Å²) in [6.45, 7) is 7.99. The molecule has 0 saturated carbocycles. The van der Waals surface area contributed by atoms with Gasteiger partial charge in [0.1, 0.15) is 17.8 Å². The highest BCUT2D eigenvalue weighted by Crippen LogP contribution is 2.36. The summed E-state index contributed by atoms with van der Waals surface area (Å²) in [5.74, 6) is -0.820. The van der Waals surface area contributed by atoms with Crippen LogP contribution in [0.1, 0.15) is 33.6 Å². The summed E-state index contributed by atoms with van der Waals surface area (Å²) >= 11 is 0. The molecule has 0 aromatic carbocycles. The first-order chi connectivity index (χ1) is 13.9. The molecule has 4 unspecified atom stereocenters. The van der Waals surface area contributed by atoms with Crippen LogP contribution >= 0.6 is 0 Å². The number of aliphatic hydroxyl groups excluding tert-OH is 3. The first-order valence-corrected chi connectivity index (χ1v) is 9.32. The van der Waals surface area contributed by atoms with Crippen LogP contribution in [0.15, 0.2) is 17.8 Å². The molecule has 1 heterocycles. The van der Waals surface area contributed by atoms with Gasteiger partial charge in [-0.3, -0.25) is 0 Å². The number of amides is 1. The molecule has 0 spiro atoms. The van der Waals surface area contributed by atoms with E-state index in [1.54, 1.807) is 20.8 Å². The molecule has 0 bridgehead atoms. The second-order valence-electron chi connectivity index (χ2n) is 7.98. The summed E-state index contributed by atoms with van der Waals surface area (Å²) in [4.78, 5) is 27.2. The summed E-state index contributed by atoms with van der Waals surface area (Å²) in [7, 11) is 1.13. The Morgan fingerprint density at radius 2 is 2.10 bits per heavy atom. The number of hydrogen-bond acceptors (Lipinski definition) is 9. The van der Waals surface area contributed by atoms with Crippen LogP contribution in [0.25, 0.3) is 10.4 Å². The predicted molar refractivity (Wildman–Crippen MR) is 104 cm³/mol. The second kappa shape index (κ2) is 10.6. The smallest absolute Gasteiger partial charge is 0.408 e. The van der Waals surface area contributed by atoms with Crippen molar-refractivity contribution in [1.29, 1.82) is 0 Å². The van der Waals surface area contributed by atoms with Crippen molar-refractivity contribution in [3.05, 3.63) is 23.1 Å². The minimum absolute atomic E-state index is 0.0639. The van der Waals surface area contributed by atoms with Gasteiger partial charge < -0.3 is 34.8 Å². The van der Waals surface area contributed by atoms with E-state index in [0.717, 1.165) is 7.11 Å². The number of esters is 1. The molecule has 12 nitrogen and oxygen atoms in total. The Bertz CT molecular complexity index is 676. The van der Waals surface area contributed by atoms with Crippen LogP contribution in [0.4, 0.5) is 4.79 Å². The summed E-state index contributed by atoms with van der Waals surface area (Å²) in [6.07, 6.45) is -6.04. The standard InChI is InChI=1S/C18H30N4O8/c1-6-7-18(15(26)28-5)8-10(23)12(21-16(27)30-17(2,3)4)14(29-18)13(25)11(24)9-20-22-19/h6,10-14,23-25H,1,7-9H2,2-5H3,(H,21,27)/t10?,11-,12?,13-,14?,18?/m0/s1. The Balaban J connectivity index is 3.27. The maximum atomic E-state index is 12.4. The maximum absolute atomic E-state index is 12.4. The van der Waals surface area contributed by atoms with Gasteiger partial charge in [-0.15, -0.1) is 6.58 Å². The summed E-state index contributed by atoms with van der Waals surface area (Å²) in [5.41, 5.74) is 5.90. The molecular formula is C18H30N4O8. The molecule has 0 aromatic heterocycles. The van der Waals surface area contributed by atoms with Crippen LogP contribution in [0, 0.1) is 0 Å². The summed E-state index contributed by atoms with van der Waals surface area (Å²) in [6, 6.07) is -1.25. The number of rotatable bonds is 8. The van der Waals surface area contributed by atoms with Crippen LogP contribution in [-0.4, -0.2) is 82.7 Å². The first kappa shape index (κ1) is 25.7. The number of alkyl carbamates (subject to hydrolysis) is 1. The zero-order valence-electron chi connectivity index (χ0n) is 17.5. The monoisotopic (exact) mass is 430 g/mol. The van der Waals surface area contributed by atoms with E-state index in [1.807, 2.05) is 0 Å². The lowest BCUT2D eigenvalue weighted by atomic mass is 9.82. The van der Waals surface area contributed by atoms with Gasteiger partial charge in [-0.05, 0) is 26.3 Å². The van der Waals surface area contributed by atoms with Gasteiger partial charge in [-0.2, -0.15) is 0 Å². The number of nitrogens with one attached hydrogen (secondary N) is 1. The first-order valence-electron chi connectivity index (χ1n) is 9.32. The Hall–Kier alpha value is -2.37. The maximum Gasteiger partial charge on any atom is 0.408 e. The molecule has 6 atom stereocenters. The highest BCUT2D eigenvalue weighted by atomic mass is 16.6. The number of azide groups is 1. The van der Waals surface area contributed by atoms with Gasteiger partial charge >= 0.3 is 12.1 Å². The Kier molecular flexibility index (Phi) is 9.07. The van der Waals surface area contributed by atoms with Gasteiger partial charge in [0.05, 0.1) is 31.9 Å². The summed E-state index contributed by atoms with van der Waals surface area (Å²) in [5, 5.41) is 37.1. The van der Waals surface area contributed by atoms with E-state index >= 15 is 0 Å². The number of methoxy groups -OCH3 is 1. The molecule has 170 valence electrons. The van der Waals surface area contributed by atoms with Crippen molar-refractivity contribution in [1.82, 2.24) is 5.32 Å². The number of nitrogens with zero attached hydrogens (tertiary/aromatic N) is 3. The fraction of sp³-hybridized carbons (Fsp3) is 0.778. The van der Waals surface area contributed by atoms with Gasteiger partial charge in [-0.1, -0.05) is 11.2 Å². The van der Waals surface area contributed by atoms with E-state index < -0.39 is 60.3 Å². The molecule has 12 heteroatoms. The van der Waals surface area contributed by atoms with Crippen molar-refractivity contribution >= 4 is 12.1 Å². The van der Waals surface area contributed by atoms with E-state index in [4.69, 9.17) is 19.7 Å². The van der Waals surface area contributed by atoms with E-state index in [1.165, 1.54) is 6.08 Å². The van der Waals surface area contributed by atoms with E-state index in [0.29, 0.717) is 0 Å². The van der Waals surface area contributed by atoms with Crippen LogP contribution in [0.2, 0.25) is 0 Å². The molecule has 1 aliphatic rings. The van der Waals surface area contributed by atoms with E-state index in [-0.39, 0.29) is 12.8 Å². The van der Waals surface area contributed by atoms with Gasteiger partial charge in [-0.25, -0.2) is 9.59 Å². The molecule has 0 aromatic rings. The van der Waals surface area contributed by atoms with Crippen molar-refractivity contribution in [2.24, 2.45) is 5.11 Å². The SMILES string of the molecule is C=CCC1(C(=O)OC)CC(O)C(NC(=O)OC(C)(C)C)C([C@@H](O)[C@@H](O)CN=[N+]=[N-])O1. The molecule has 4 N–H and O–H groups in total. The normalized spacial score (nSPS) is 28.4. The quantitative estimate of drug-likeness (QED) is 0.141. The molecule has 1 rings (SSSR count). The molecule has 1 fully saturated rings. The number of carbonyl (C=O) groups is 2. The van der Waals surface area contributed by atoms with E-state index in [2.05, 4.69) is 21.9 Å². The van der Waals surface area contributed by atoms with Crippen LogP contribution in [-0.2, 0) is 19.0 Å². The lowest BCUT2D eigenvalue weighted by Gasteiger charge is -2.47. The molecule has 0 aliphatic carbocycles. The number of aliphatic hydroxyl groups is 3. The van der Waals surface area contributed by atoms with Gasteiger partial charge in [0.2, 0.25) is 0 Å².